The van der Waals surface area contributed by atoms with Gasteiger partial charge in [-0.25, -0.2) is 0 Å². The minimum absolute atomic E-state index is 0.130. The van der Waals surface area contributed by atoms with Gasteiger partial charge in [-0.05, 0) is 25.3 Å². The van der Waals surface area contributed by atoms with Gasteiger partial charge in [0.2, 0.25) is 6.79 Å². The van der Waals surface area contributed by atoms with E-state index in [1.165, 1.54) is 0 Å². The Labute approximate surface area is 118 Å². The Morgan fingerprint density at radius 3 is 2.65 bits per heavy atom. The van der Waals surface area contributed by atoms with E-state index in [0.717, 1.165) is 32.1 Å². The molecule has 1 aromatic carbocycles. The minimum Gasteiger partial charge on any atom is -0.487 e. The number of hydrogen-bond acceptors (Lipinski definition) is 5. The molecule has 0 amide bonds. The maximum atomic E-state index is 10.1. The first kappa shape index (κ1) is 13.5. The summed E-state index contributed by atoms with van der Waals surface area (Å²) in [5.74, 6) is 1.82. The molecule has 0 saturated heterocycles. The van der Waals surface area contributed by atoms with Crippen molar-refractivity contribution in [1.29, 1.82) is 0 Å². The summed E-state index contributed by atoms with van der Waals surface area (Å²) < 4.78 is 16.6. The molecule has 2 atom stereocenters. The van der Waals surface area contributed by atoms with Gasteiger partial charge in [-0.2, -0.15) is 0 Å². The molecule has 1 aliphatic carbocycles. The van der Waals surface area contributed by atoms with Crippen LogP contribution in [-0.4, -0.2) is 29.2 Å². The van der Waals surface area contributed by atoms with E-state index in [4.69, 9.17) is 14.2 Å². The topological polar surface area (TPSA) is 68.2 Å². The van der Waals surface area contributed by atoms with Crippen LogP contribution in [0.5, 0.6) is 17.2 Å². The lowest BCUT2D eigenvalue weighted by Gasteiger charge is -2.23. The fraction of sp³-hybridized carbons (Fsp3) is 0.600. The van der Waals surface area contributed by atoms with Crippen molar-refractivity contribution in [1.82, 2.24) is 0 Å². The Balaban J connectivity index is 1.82. The van der Waals surface area contributed by atoms with Gasteiger partial charge in [0, 0.05) is 11.6 Å². The molecule has 2 N–H and O–H groups in total. The summed E-state index contributed by atoms with van der Waals surface area (Å²) in [5.41, 5.74) is 0.658. The molecule has 0 spiro atoms. The van der Waals surface area contributed by atoms with Crippen molar-refractivity contribution in [3.63, 3.8) is 0 Å². The van der Waals surface area contributed by atoms with Crippen LogP contribution in [0.2, 0.25) is 0 Å². The Bertz CT molecular complexity index is 474. The molecule has 110 valence electrons. The van der Waals surface area contributed by atoms with E-state index in [9.17, 15) is 10.2 Å². The number of ether oxygens (including phenoxy) is 3. The number of rotatable bonds is 3. The van der Waals surface area contributed by atoms with E-state index < -0.39 is 6.10 Å². The first-order chi connectivity index (χ1) is 9.78. The van der Waals surface area contributed by atoms with Gasteiger partial charge in [0.1, 0.15) is 11.9 Å². The number of fused-ring (bicyclic) bond motifs is 1. The second kappa shape index (κ2) is 5.89. The summed E-state index contributed by atoms with van der Waals surface area (Å²) in [6.45, 7) is 0.0600. The molecular formula is C15H20O5. The third kappa shape index (κ3) is 2.69. The Morgan fingerprint density at radius 2 is 1.85 bits per heavy atom. The normalized spacial score (nSPS) is 25.3. The number of aliphatic hydroxyl groups excluding tert-OH is 2. The first-order valence-corrected chi connectivity index (χ1v) is 7.16. The minimum atomic E-state index is -0.450. The van der Waals surface area contributed by atoms with Gasteiger partial charge in [-0.1, -0.05) is 12.8 Å². The molecule has 0 radical (unpaired) electrons. The van der Waals surface area contributed by atoms with Crippen molar-refractivity contribution < 1.29 is 24.4 Å². The van der Waals surface area contributed by atoms with Crippen LogP contribution in [0.1, 0.15) is 37.7 Å². The highest BCUT2D eigenvalue weighted by molar-refractivity contribution is 5.51. The number of hydrogen-bond donors (Lipinski definition) is 2. The van der Waals surface area contributed by atoms with Gasteiger partial charge < -0.3 is 24.4 Å². The van der Waals surface area contributed by atoms with E-state index in [2.05, 4.69) is 0 Å². The zero-order valence-electron chi connectivity index (χ0n) is 11.4. The van der Waals surface area contributed by atoms with E-state index >= 15 is 0 Å². The van der Waals surface area contributed by atoms with Crippen molar-refractivity contribution >= 4 is 0 Å². The third-order valence-electron chi connectivity index (χ3n) is 3.92. The molecular weight excluding hydrogens is 260 g/mol. The Morgan fingerprint density at radius 1 is 1.10 bits per heavy atom. The summed E-state index contributed by atoms with van der Waals surface area (Å²) in [5, 5.41) is 19.6. The van der Waals surface area contributed by atoms with E-state index in [1.807, 2.05) is 0 Å². The molecule has 5 heteroatoms. The van der Waals surface area contributed by atoms with Crippen LogP contribution >= 0.6 is 0 Å². The van der Waals surface area contributed by atoms with Crippen molar-refractivity contribution in [2.45, 2.75) is 50.9 Å². The van der Waals surface area contributed by atoms with Crippen LogP contribution in [0.3, 0.4) is 0 Å². The second-order valence-electron chi connectivity index (χ2n) is 5.33. The smallest absolute Gasteiger partial charge is 0.231 e. The van der Waals surface area contributed by atoms with E-state index in [-0.39, 0.29) is 19.5 Å². The van der Waals surface area contributed by atoms with Crippen LogP contribution in [-0.2, 0) is 6.61 Å². The van der Waals surface area contributed by atoms with Crippen molar-refractivity contribution in [2.24, 2.45) is 0 Å². The molecule has 1 heterocycles. The quantitative estimate of drug-likeness (QED) is 0.829. The second-order valence-corrected chi connectivity index (χ2v) is 5.33. The molecule has 0 bridgehead atoms. The fourth-order valence-corrected chi connectivity index (χ4v) is 2.75. The third-order valence-corrected chi connectivity index (χ3v) is 3.92. The van der Waals surface area contributed by atoms with Crippen molar-refractivity contribution in [3.05, 3.63) is 17.7 Å². The Hall–Kier alpha value is -1.46. The maximum absolute atomic E-state index is 10.1. The van der Waals surface area contributed by atoms with Gasteiger partial charge in [0.05, 0.1) is 12.7 Å². The molecule has 1 fully saturated rings. The van der Waals surface area contributed by atoms with Gasteiger partial charge in [-0.15, -0.1) is 0 Å². The molecule has 2 aliphatic rings. The SMILES string of the molecule is OCc1cc2c(cc1OC1CCCCCC1O)OCO2. The van der Waals surface area contributed by atoms with E-state index in [1.54, 1.807) is 12.1 Å². The number of benzene rings is 1. The van der Waals surface area contributed by atoms with Crippen LogP contribution in [0, 0.1) is 0 Å². The predicted molar refractivity (Wildman–Crippen MR) is 72.0 cm³/mol. The summed E-state index contributed by atoms with van der Waals surface area (Å²) in [6.07, 6.45) is 4.16. The number of aliphatic hydroxyl groups is 2. The van der Waals surface area contributed by atoms with Crippen molar-refractivity contribution in [2.75, 3.05) is 6.79 Å². The zero-order chi connectivity index (χ0) is 13.9. The molecule has 0 aromatic heterocycles. The highest BCUT2D eigenvalue weighted by atomic mass is 16.7. The fourth-order valence-electron chi connectivity index (χ4n) is 2.75. The molecule has 20 heavy (non-hydrogen) atoms. The lowest BCUT2D eigenvalue weighted by Crippen LogP contribution is -2.30. The molecule has 2 unspecified atom stereocenters. The van der Waals surface area contributed by atoms with E-state index in [0.29, 0.717) is 22.8 Å². The molecule has 1 saturated carbocycles. The standard InChI is InChI=1S/C15H20O5/c16-8-10-6-14-15(19-9-18-14)7-13(10)20-12-5-3-1-2-4-11(12)17/h6-7,11-12,16-17H,1-5,8-9H2. The van der Waals surface area contributed by atoms with Crippen LogP contribution < -0.4 is 14.2 Å². The molecule has 1 aromatic rings. The Kier molecular flexibility index (Phi) is 3.98. The van der Waals surface area contributed by atoms with Gasteiger partial charge in [0.15, 0.2) is 11.5 Å². The van der Waals surface area contributed by atoms with Gasteiger partial charge in [0.25, 0.3) is 0 Å². The molecule has 1 aliphatic heterocycles. The largest absolute Gasteiger partial charge is 0.487 e. The summed E-state index contributed by atoms with van der Waals surface area (Å²) in [7, 11) is 0. The lowest BCUT2D eigenvalue weighted by molar-refractivity contribution is 0.0306. The van der Waals surface area contributed by atoms with Gasteiger partial charge in [-0.3, -0.25) is 0 Å². The average molecular weight is 280 g/mol. The maximum Gasteiger partial charge on any atom is 0.231 e. The van der Waals surface area contributed by atoms with Crippen LogP contribution in [0.25, 0.3) is 0 Å². The highest BCUT2D eigenvalue weighted by Crippen LogP contribution is 2.39. The molecule has 3 rings (SSSR count). The zero-order valence-corrected chi connectivity index (χ0v) is 11.4. The first-order valence-electron chi connectivity index (χ1n) is 7.16. The van der Waals surface area contributed by atoms with Crippen LogP contribution in [0.15, 0.2) is 12.1 Å². The monoisotopic (exact) mass is 280 g/mol. The lowest BCUT2D eigenvalue weighted by atomic mass is 10.1. The summed E-state index contributed by atoms with van der Waals surface area (Å²) in [6, 6.07) is 3.48. The average Bonchev–Trinajstić information content (AvgIpc) is 2.82. The van der Waals surface area contributed by atoms with Crippen molar-refractivity contribution in [3.8, 4) is 17.2 Å². The predicted octanol–water partition coefficient (Wildman–Crippen LogP) is 1.98. The van der Waals surface area contributed by atoms with Crippen LogP contribution in [0.4, 0.5) is 0 Å². The summed E-state index contributed by atoms with van der Waals surface area (Å²) in [4.78, 5) is 0. The van der Waals surface area contributed by atoms with Gasteiger partial charge >= 0.3 is 0 Å². The molecule has 5 nitrogen and oxygen atoms in total. The highest BCUT2D eigenvalue weighted by Gasteiger charge is 2.25. The summed E-state index contributed by atoms with van der Waals surface area (Å²) >= 11 is 0.